The first-order valence-electron chi connectivity index (χ1n) is 8.57. The number of anilines is 1. The summed E-state index contributed by atoms with van der Waals surface area (Å²) in [5, 5.41) is 23.1. The molecule has 1 atom stereocenters. The molecule has 1 aliphatic rings. The van der Waals surface area contributed by atoms with Crippen LogP contribution in [0.1, 0.15) is 26.3 Å². The first-order chi connectivity index (χ1) is 12.8. The van der Waals surface area contributed by atoms with Crippen LogP contribution in [0.15, 0.2) is 46.4 Å². The number of hydrogen-bond acceptors (Lipinski definition) is 7. The standard InChI is InChI=1S/C18H19N5O4/c1-4-21(5-2)14-10-11-15(23(26)27)17-16(14)19-18(3,20-17)12-6-8-13(9-7-12)22(24)25/h6-11H,4-5H2,1-3H3. The Morgan fingerprint density at radius 2 is 1.52 bits per heavy atom. The van der Waals surface area contributed by atoms with Crippen molar-refractivity contribution in [2.75, 3.05) is 18.0 Å². The lowest BCUT2D eigenvalue weighted by Gasteiger charge is -2.21. The van der Waals surface area contributed by atoms with Crippen LogP contribution < -0.4 is 15.6 Å². The van der Waals surface area contributed by atoms with Gasteiger partial charge in [-0.2, -0.15) is 0 Å². The molecule has 3 rings (SSSR count). The number of nitro benzene ring substituents is 2. The molecule has 1 heterocycles. The largest absolute Gasteiger partial charge is 0.370 e. The quantitative estimate of drug-likeness (QED) is 0.573. The molecule has 1 aliphatic heterocycles. The highest BCUT2D eigenvalue weighted by molar-refractivity contribution is 5.51. The maximum atomic E-state index is 11.5. The van der Waals surface area contributed by atoms with Gasteiger partial charge in [0.1, 0.15) is 5.36 Å². The topological polar surface area (TPSA) is 114 Å². The van der Waals surface area contributed by atoms with Gasteiger partial charge >= 0.3 is 0 Å². The van der Waals surface area contributed by atoms with Gasteiger partial charge in [0.25, 0.3) is 11.4 Å². The number of benzene rings is 2. The van der Waals surface area contributed by atoms with Gasteiger partial charge in [0, 0.05) is 36.9 Å². The van der Waals surface area contributed by atoms with E-state index in [1.54, 1.807) is 25.1 Å². The summed E-state index contributed by atoms with van der Waals surface area (Å²) in [7, 11) is 0. The lowest BCUT2D eigenvalue weighted by molar-refractivity contribution is -0.386. The van der Waals surface area contributed by atoms with E-state index in [1.807, 2.05) is 13.8 Å². The lowest BCUT2D eigenvalue weighted by atomic mass is 10.0. The molecule has 9 nitrogen and oxygen atoms in total. The minimum atomic E-state index is -1.08. The molecule has 0 spiro atoms. The second-order valence-electron chi connectivity index (χ2n) is 6.28. The van der Waals surface area contributed by atoms with E-state index < -0.39 is 15.5 Å². The molecule has 0 radical (unpaired) electrons. The highest BCUT2D eigenvalue weighted by atomic mass is 16.6. The Morgan fingerprint density at radius 1 is 0.926 bits per heavy atom. The Hall–Kier alpha value is -3.36. The average Bonchev–Trinajstić information content (AvgIpc) is 3.01. The van der Waals surface area contributed by atoms with Crippen LogP contribution in [-0.2, 0) is 5.66 Å². The van der Waals surface area contributed by atoms with Gasteiger partial charge < -0.3 is 4.90 Å². The van der Waals surface area contributed by atoms with E-state index >= 15 is 0 Å². The summed E-state index contributed by atoms with van der Waals surface area (Å²) >= 11 is 0. The minimum Gasteiger partial charge on any atom is -0.370 e. The third-order valence-corrected chi connectivity index (χ3v) is 4.69. The van der Waals surface area contributed by atoms with Crippen LogP contribution in [0, 0.1) is 20.2 Å². The fourth-order valence-corrected chi connectivity index (χ4v) is 3.23. The van der Waals surface area contributed by atoms with Crippen molar-refractivity contribution >= 4 is 17.1 Å². The fraction of sp³-hybridized carbons (Fsp3) is 0.333. The van der Waals surface area contributed by atoms with E-state index in [2.05, 4.69) is 9.89 Å². The zero-order valence-electron chi connectivity index (χ0n) is 15.2. The van der Waals surface area contributed by atoms with Crippen LogP contribution in [0.5, 0.6) is 0 Å². The van der Waals surface area contributed by atoms with Crippen molar-refractivity contribution in [1.82, 2.24) is 0 Å². The molecule has 2 aromatic rings. The number of nitrogens with zero attached hydrogens (tertiary/aromatic N) is 5. The zero-order valence-corrected chi connectivity index (χ0v) is 15.2. The molecule has 27 heavy (non-hydrogen) atoms. The molecule has 9 heteroatoms. The highest BCUT2D eigenvalue weighted by Crippen LogP contribution is 2.30. The maximum absolute atomic E-state index is 11.5. The van der Waals surface area contributed by atoms with E-state index in [0.29, 0.717) is 10.9 Å². The van der Waals surface area contributed by atoms with Gasteiger partial charge in [-0.25, -0.2) is 9.98 Å². The van der Waals surface area contributed by atoms with Crippen LogP contribution in [0.3, 0.4) is 0 Å². The van der Waals surface area contributed by atoms with Crippen LogP contribution in [0.4, 0.5) is 17.1 Å². The fourth-order valence-electron chi connectivity index (χ4n) is 3.23. The predicted molar refractivity (Wildman–Crippen MR) is 99.4 cm³/mol. The van der Waals surface area contributed by atoms with Crippen LogP contribution in [0.2, 0.25) is 0 Å². The summed E-state index contributed by atoms with van der Waals surface area (Å²) in [6, 6.07) is 9.08. The predicted octanol–water partition coefficient (Wildman–Crippen LogP) is 2.47. The van der Waals surface area contributed by atoms with Crippen molar-refractivity contribution in [2.24, 2.45) is 9.98 Å². The van der Waals surface area contributed by atoms with E-state index in [-0.39, 0.29) is 16.7 Å². The van der Waals surface area contributed by atoms with E-state index in [1.165, 1.54) is 18.2 Å². The molecule has 0 aromatic heterocycles. The smallest absolute Gasteiger partial charge is 0.296 e. The molecule has 0 bridgehead atoms. The van der Waals surface area contributed by atoms with Crippen LogP contribution >= 0.6 is 0 Å². The average molecular weight is 369 g/mol. The number of fused-ring (bicyclic) bond motifs is 1. The number of non-ortho nitro benzene ring substituents is 2. The summed E-state index contributed by atoms with van der Waals surface area (Å²) in [5.74, 6) is 0. The van der Waals surface area contributed by atoms with Crippen molar-refractivity contribution in [3.63, 3.8) is 0 Å². The summed E-state index contributed by atoms with van der Waals surface area (Å²) in [6.07, 6.45) is 0. The van der Waals surface area contributed by atoms with Gasteiger partial charge in [-0.15, -0.1) is 0 Å². The van der Waals surface area contributed by atoms with Crippen molar-refractivity contribution in [1.29, 1.82) is 0 Å². The second kappa shape index (κ2) is 6.75. The molecule has 140 valence electrons. The van der Waals surface area contributed by atoms with Crippen molar-refractivity contribution in [3.8, 4) is 0 Å². The SMILES string of the molecule is CCN(CC)c1ccc([N+](=O)[O-])c2c1=NC(C)(c1ccc([N+](=O)[O-])cc1)N=2. The third-order valence-electron chi connectivity index (χ3n) is 4.69. The molecular weight excluding hydrogens is 350 g/mol. The first-order valence-corrected chi connectivity index (χ1v) is 8.57. The van der Waals surface area contributed by atoms with Gasteiger partial charge in [-0.05, 0) is 39.0 Å². The molecule has 1 unspecified atom stereocenters. The number of nitro groups is 2. The first kappa shape index (κ1) is 18.4. The van der Waals surface area contributed by atoms with Gasteiger partial charge in [-0.3, -0.25) is 20.2 Å². The molecule has 2 aromatic carbocycles. The number of rotatable bonds is 6. The number of hydrogen-bond donors (Lipinski definition) is 0. The third kappa shape index (κ3) is 3.12. The van der Waals surface area contributed by atoms with E-state index in [0.717, 1.165) is 18.8 Å². The molecule has 0 saturated heterocycles. The summed E-state index contributed by atoms with van der Waals surface area (Å²) in [6.45, 7) is 7.19. The highest BCUT2D eigenvalue weighted by Gasteiger charge is 2.32. The van der Waals surface area contributed by atoms with E-state index in [4.69, 9.17) is 4.99 Å². The lowest BCUT2D eigenvalue weighted by Crippen LogP contribution is -2.34. The summed E-state index contributed by atoms with van der Waals surface area (Å²) < 4.78 is 0. The molecule has 0 amide bonds. The van der Waals surface area contributed by atoms with Gasteiger partial charge in [0.05, 0.1) is 15.5 Å². The van der Waals surface area contributed by atoms with Crippen molar-refractivity contribution < 1.29 is 9.85 Å². The normalized spacial score (nSPS) is 17.6. The van der Waals surface area contributed by atoms with Crippen molar-refractivity contribution in [2.45, 2.75) is 26.4 Å². The second-order valence-corrected chi connectivity index (χ2v) is 6.28. The molecule has 0 aliphatic carbocycles. The van der Waals surface area contributed by atoms with Gasteiger partial charge in [0.15, 0.2) is 11.0 Å². The molecule has 0 saturated carbocycles. The summed E-state index contributed by atoms with van der Waals surface area (Å²) in [5.41, 5.74) is 0.202. The Balaban J connectivity index is 2.23. The van der Waals surface area contributed by atoms with Gasteiger partial charge in [0.2, 0.25) is 0 Å². The molecule has 0 fully saturated rings. The monoisotopic (exact) mass is 369 g/mol. The zero-order chi connectivity index (χ0) is 19.8. The van der Waals surface area contributed by atoms with Crippen LogP contribution in [-0.4, -0.2) is 22.9 Å². The maximum Gasteiger partial charge on any atom is 0.296 e. The summed E-state index contributed by atoms with van der Waals surface area (Å²) in [4.78, 5) is 32.7. The molecular formula is C18H19N5O4. The van der Waals surface area contributed by atoms with Crippen LogP contribution in [0.25, 0.3) is 0 Å². The molecule has 0 N–H and O–H groups in total. The van der Waals surface area contributed by atoms with E-state index in [9.17, 15) is 20.2 Å². The van der Waals surface area contributed by atoms with Gasteiger partial charge in [-0.1, -0.05) is 0 Å². The van der Waals surface area contributed by atoms with Crippen molar-refractivity contribution in [3.05, 3.63) is 72.9 Å². The minimum absolute atomic E-state index is 0.0346. The Labute approximate surface area is 155 Å². The Kier molecular flexibility index (Phi) is 4.61. The Morgan fingerprint density at radius 3 is 2.04 bits per heavy atom. The Bertz CT molecular complexity index is 1030.